The normalized spacial score (nSPS) is 11.4. The van der Waals surface area contributed by atoms with Gasteiger partial charge in [0.25, 0.3) is 0 Å². The Kier molecular flexibility index (Phi) is 3.18. The Labute approximate surface area is 90.5 Å². The van der Waals surface area contributed by atoms with E-state index in [0.29, 0.717) is 0 Å². The molecular weight excluding hydrogens is 251 g/mol. The average molecular weight is 255 g/mol. The molecule has 0 fully saturated rings. The van der Waals surface area contributed by atoms with Crippen molar-refractivity contribution >= 4 is 39.6 Å². The molecule has 0 aliphatic heterocycles. The number of carbonyl (C=O) groups excluding carboxylic acids is 1. The lowest BCUT2D eigenvalue weighted by Gasteiger charge is -2.00. The lowest BCUT2D eigenvalue weighted by molar-refractivity contribution is 0.109. The second-order valence-corrected chi connectivity index (χ2v) is 4.55. The minimum absolute atomic E-state index is 0.0254. The van der Waals surface area contributed by atoms with E-state index in [1.165, 1.54) is 0 Å². The fraction of sp³-hybridized carbons (Fsp3) is 0. The molecule has 0 aromatic heterocycles. The van der Waals surface area contributed by atoms with Crippen molar-refractivity contribution in [1.29, 1.82) is 0 Å². The highest BCUT2D eigenvalue weighted by molar-refractivity contribution is 7.97. The smallest absolute Gasteiger partial charge is 0.282 e. The van der Waals surface area contributed by atoms with Gasteiger partial charge in [-0.15, -0.1) is 16.5 Å². The summed E-state index contributed by atoms with van der Waals surface area (Å²) in [6.45, 7) is 0. The van der Waals surface area contributed by atoms with Crippen LogP contribution in [0.1, 0.15) is 10.4 Å². The third kappa shape index (κ3) is 2.46. The number of thiol groups is 1. The van der Waals surface area contributed by atoms with Crippen LogP contribution in [0.25, 0.3) is 0 Å². The van der Waals surface area contributed by atoms with Gasteiger partial charge in [0.1, 0.15) is 0 Å². The molecule has 0 saturated heterocycles. The molecule has 0 spiro atoms. The van der Waals surface area contributed by atoms with Gasteiger partial charge in [0, 0.05) is 5.56 Å². The van der Waals surface area contributed by atoms with Crippen LogP contribution in [0.4, 0.5) is 3.89 Å². The highest BCUT2D eigenvalue weighted by Crippen LogP contribution is 2.22. The van der Waals surface area contributed by atoms with Crippen molar-refractivity contribution in [2.24, 2.45) is 0 Å². The van der Waals surface area contributed by atoms with Gasteiger partial charge in [-0.2, -0.15) is 8.42 Å². The van der Waals surface area contributed by atoms with E-state index in [4.69, 9.17) is 11.6 Å². The lowest BCUT2D eigenvalue weighted by atomic mass is 10.2. The monoisotopic (exact) mass is 254 g/mol. The molecule has 7 heteroatoms. The Balaban J connectivity index is 3.42. The van der Waals surface area contributed by atoms with Gasteiger partial charge in [-0.3, -0.25) is 4.79 Å². The summed E-state index contributed by atoms with van der Waals surface area (Å²) >= 11 is 9.01. The number of hydrogen-bond donors (Lipinski definition) is 1. The number of hydrogen-bond acceptors (Lipinski definition) is 3. The minimum atomic E-state index is -4.82. The molecule has 0 amide bonds. The van der Waals surface area contributed by atoms with Crippen molar-refractivity contribution in [3.8, 4) is 0 Å². The van der Waals surface area contributed by atoms with Gasteiger partial charge in [0.05, 0.1) is 9.92 Å². The van der Waals surface area contributed by atoms with Crippen LogP contribution in [0, 0.1) is 0 Å². The van der Waals surface area contributed by atoms with E-state index in [1.807, 2.05) is 0 Å². The number of halogens is 2. The summed E-state index contributed by atoms with van der Waals surface area (Å²) in [6.07, 6.45) is 0. The van der Waals surface area contributed by atoms with Crippen LogP contribution in [0.5, 0.6) is 0 Å². The fourth-order valence-electron chi connectivity index (χ4n) is 0.820. The van der Waals surface area contributed by atoms with Crippen molar-refractivity contribution in [2.75, 3.05) is 0 Å². The van der Waals surface area contributed by atoms with Crippen LogP contribution in [-0.2, 0) is 10.2 Å². The zero-order valence-electron chi connectivity index (χ0n) is 6.57. The van der Waals surface area contributed by atoms with Gasteiger partial charge < -0.3 is 0 Å². The molecule has 0 unspecified atom stereocenters. The molecular formula is C7H4ClFO3S2. The van der Waals surface area contributed by atoms with Gasteiger partial charge in [-0.25, -0.2) is 0 Å². The van der Waals surface area contributed by atoms with E-state index in [2.05, 4.69) is 12.6 Å². The second kappa shape index (κ2) is 3.88. The SMILES string of the molecule is O=C(S)c1cc(S(=O)(=O)F)ccc1Cl. The molecule has 76 valence electrons. The first-order chi connectivity index (χ1) is 6.32. The molecule has 0 saturated carbocycles. The maximum atomic E-state index is 12.5. The highest BCUT2D eigenvalue weighted by atomic mass is 35.5. The molecule has 0 aliphatic carbocycles. The summed E-state index contributed by atoms with van der Waals surface area (Å²) in [4.78, 5) is 10.2. The van der Waals surface area contributed by atoms with Gasteiger partial charge >= 0.3 is 10.2 Å². The highest BCUT2D eigenvalue weighted by Gasteiger charge is 2.15. The summed E-state index contributed by atoms with van der Waals surface area (Å²) in [5.74, 6) is 0. The van der Waals surface area contributed by atoms with Gasteiger partial charge in [0.2, 0.25) is 5.12 Å². The molecule has 0 bridgehead atoms. The van der Waals surface area contributed by atoms with E-state index < -0.39 is 20.2 Å². The van der Waals surface area contributed by atoms with Crippen molar-refractivity contribution in [3.05, 3.63) is 28.8 Å². The van der Waals surface area contributed by atoms with Crippen LogP contribution in [0.3, 0.4) is 0 Å². The maximum absolute atomic E-state index is 12.5. The van der Waals surface area contributed by atoms with Crippen LogP contribution in [-0.4, -0.2) is 13.5 Å². The van der Waals surface area contributed by atoms with Crippen LogP contribution in [0.2, 0.25) is 5.02 Å². The van der Waals surface area contributed by atoms with E-state index in [-0.39, 0.29) is 10.6 Å². The van der Waals surface area contributed by atoms with E-state index in [0.717, 1.165) is 18.2 Å². The molecule has 0 radical (unpaired) electrons. The fourth-order valence-corrected chi connectivity index (χ4v) is 1.76. The molecule has 0 N–H and O–H groups in total. The van der Waals surface area contributed by atoms with Gasteiger partial charge in [0.15, 0.2) is 0 Å². The number of carbonyl (C=O) groups is 1. The largest absolute Gasteiger partial charge is 0.332 e. The standard InChI is InChI=1S/C7H4ClFO3S2/c8-6-2-1-4(14(9,11)12)3-5(6)7(10)13/h1-3H,(H,10,13). The van der Waals surface area contributed by atoms with Crippen LogP contribution >= 0.6 is 24.2 Å². The molecule has 1 aromatic carbocycles. The second-order valence-electron chi connectivity index (χ2n) is 2.38. The van der Waals surface area contributed by atoms with Crippen molar-refractivity contribution in [1.82, 2.24) is 0 Å². The third-order valence-electron chi connectivity index (χ3n) is 1.45. The van der Waals surface area contributed by atoms with E-state index in [1.54, 1.807) is 0 Å². The Morgan fingerprint density at radius 3 is 2.43 bits per heavy atom. The van der Waals surface area contributed by atoms with Crippen molar-refractivity contribution in [2.45, 2.75) is 4.90 Å². The maximum Gasteiger partial charge on any atom is 0.332 e. The average Bonchev–Trinajstić information content (AvgIpc) is 2.02. The molecule has 0 heterocycles. The Bertz CT molecular complexity index is 484. The number of benzene rings is 1. The van der Waals surface area contributed by atoms with E-state index >= 15 is 0 Å². The minimum Gasteiger partial charge on any atom is -0.282 e. The first kappa shape index (κ1) is 11.5. The molecule has 1 aromatic rings. The summed E-state index contributed by atoms with van der Waals surface area (Å²) in [5.41, 5.74) is -0.145. The predicted molar refractivity (Wildman–Crippen MR) is 53.1 cm³/mol. The van der Waals surface area contributed by atoms with Crippen molar-refractivity contribution in [3.63, 3.8) is 0 Å². The number of rotatable bonds is 2. The van der Waals surface area contributed by atoms with Crippen molar-refractivity contribution < 1.29 is 17.1 Å². The molecule has 0 atom stereocenters. The zero-order valence-corrected chi connectivity index (χ0v) is 9.04. The predicted octanol–water partition coefficient (Wildman–Crippen LogP) is 2.07. The van der Waals surface area contributed by atoms with Gasteiger partial charge in [-0.05, 0) is 18.2 Å². The van der Waals surface area contributed by atoms with Gasteiger partial charge in [-0.1, -0.05) is 11.6 Å². The first-order valence-corrected chi connectivity index (χ1v) is 5.51. The summed E-state index contributed by atoms with van der Waals surface area (Å²) in [7, 11) is -4.82. The topological polar surface area (TPSA) is 51.2 Å². The lowest BCUT2D eigenvalue weighted by Crippen LogP contribution is -1.97. The molecule has 14 heavy (non-hydrogen) atoms. The van der Waals surface area contributed by atoms with Crippen LogP contribution < -0.4 is 0 Å². The molecule has 1 rings (SSSR count). The Hall–Kier alpha value is -0.590. The Morgan fingerprint density at radius 1 is 1.43 bits per heavy atom. The summed E-state index contributed by atoms with van der Waals surface area (Å²) < 4.78 is 33.4. The van der Waals surface area contributed by atoms with Crippen LogP contribution in [0.15, 0.2) is 23.1 Å². The van der Waals surface area contributed by atoms with E-state index in [9.17, 15) is 17.1 Å². The summed E-state index contributed by atoms with van der Waals surface area (Å²) in [6, 6.07) is 2.93. The molecule has 3 nitrogen and oxygen atoms in total. The Morgan fingerprint density at radius 2 is 2.00 bits per heavy atom. The molecule has 0 aliphatic rings. The quantitative estimate of drug-likeness (QED) is 0.649. The summed E-state index contributed by atoms with van der Waals surface area (Å²) in [5, 5.41) is -0.696. The first-order valence-electron chi connectivity index (χ1n) is 3.30. The third-order valence-corrected chi connectivity index (χ3v) is 2.84. The zero-order chi connectivity index (χ0) is 10.9.